The van der Waals surface area contributed by atoms with Crippen LogP contribution in [0.2, 0.25) is 0 Å². The second-order valence-electron chi connectivity index (χ2n) is 9.01. The summed E-state index contributed by atoms with van der Waals surface area (Å²) in [6, 6.07) is 9.46. The van der Waals surface area contributed by atoms with E-state index in [1.165, 1.54) is 26.0 Å². The maximum absolute atomic E-state index is 15.2. The first-order valence-electron chi connectivity index (χ1n) is 11.8. The molecule has 0 N–H and O–H groups in total. The van der Waals surface area contributed by atoms with Crippen LogP contribution >= 0.6 is 38.6 Å². The molecule has 2 aromatic heterocycles. The van der Waals surface area contributed by atoms with Gasteiger partial charge in [-0.2, -0.15) is 26.3 Å². The van der Waals surface area contributed by atoms with Crippen molar-refractivity contribution in [3.05, 3.63) is 61.1 Å². The number of hydrogen-bond acceptors (Lipinski definition) is 3. The third kappa shape index (κ3) is 4.89. The topological polar surface area (TPSA) is 9.23 Å². The molecule has 0 amide bonds. The summed E-state index contributed by atoms with van der Waals surface area (Å²) in [5, 5.41) is 0. The largest absolute Gasteiger partial charge is 0.494 e. The summed E-state index contributed by atoms with van der Waals surface area (Å²) < 4.78 is 95.8. The van der Waals surface area contributed by atoms with Gasteiger partial charge in [0, 0.05) is 25.8 Å². The Balaban J connectivity index is 1.74. The predicted octanol–water partition coefficient (Wildman–Crippen LogP) is 10.6. The van der Waals surface area contributed by atoms with Crippen LogP contribution < -0.4 is 4.74 Å². The van der Waals surface area contributed by atoms with Crippen molar-refractivity contribution in [1.82, 2.24) is 0 Å². The third-order valence-corrected chi connectivity index (χ3v) is 9.07. The lowest BCUT2D eigenvalue weighted by atomic mass is 9.95. The van der Waals surface area contributed by atoms with Gasteiger partial charge in [-0.05, 0) is 89.3 Å². The molecule has 1 aliphatic carbocycles. The molecule has 0 saturated carbocycles. The van der Waals surface area contributed by atoms with E-state index in [9.17, 15) is 8.78 Å². The van der Waals surface area contributed by atoms with Crippen molar-refractivity contribution in [2.75, 3.05) is 6.61 Å². The van der Waals surface area contributed by atoms with Crippen molar-refractivity contribution in [2.45, 2.75) is 64.2 Å². The summed E-state index contributed by atoms with van der Waals surface area (Å²) in [6.07, 6.45) is 4.28. The molecule has 0 atom stereocenters. The van der Waals surface area contributed by atoms with Gasteiger partial charge in [-0.3, -0.25) is 0 Å². The van der Waals surface area contributed by atoms with Crippen LogP contribution in [0.3, 0.4) is 0 Å². The zero-order valence-electron chi connectivity index (χ0n) is 20.4. The second-order valence-corrected chi connectivity index (χ2v) is 12.9. The Morgan fingerprint density at radius 2 is 1.35 bits per heavy atom. The van der Waals surface area contributed by atoms with E-state index in [0.29, 0.717) is 26.6 Å². The summed E-state index contributed by atoms with van der Waals surface area (Å²) >= 11 is 5.26. The van der Waals surface area contributed by atoms with Crippen LogP contribution in [-0.4, -0.2) is 24.4 Å². The molecule has 10 heteroatoms. The Hall–Kier alpha value is -1.78. The highest BCUT2D eigenvalue weighted by Crippen LogP contribution is 2.66. The second kappa shape index (κ2) is 10.4. The molecule has 0 spiro atoms. The Morgan fingerprint density at radius 3 is 1.89 bits per heavy atom. The normalized spacial score (nSPS) is 18.0. The van der Waals surface area contributed by atoms with Crippen LogP contribution in [0.4, 0.5) is 26.3 Å². The minimum atomic E-state index is -5.57. The number of hydrogen-bond donors (Lipinski definition) is 0. The number of halogens is 7. The Labute approximate surface area is 228 Å². The first kappa shape index (κ1) is 28.2. The summed E-state index contributed by atoms with van der Waals surface area (Å²) in [7, 11) is 0. The zero-order chi connectivity index (χ0) is 27.2. The lowest BCUT2D eigenvalue weighted by molar-refractivity contribution is -0.254. The minimum absolute atomic E-state index is 0.242. The van der Waals surface area contributed by atoms with E-state index in [4.69, 9.17) is 4.74 Å². The fraction of sp³-hybridized carbons (Fsp3) is 0.407. The molecular weight excluding hydrogens is 598 g/mol. The van der Waals surface area contributed by atoms with Gasteiger partial charge in [0.15, 0.2) is 0 Å². The van der Waals surface area contributed by atoms with Crippen molar-refractivity contribution in [3.8, 4) is 16.2 Å². The summed E-state index contributed by atoms with van der Waals surface area (Å²) in [6.45, 7) is 5.62. The molecule has 1 nitrogen and oxygen atoms in total. The maximum Gasteiger partial charge on any atom is 0.380 e. The van der Waals surface area contributed by atoms with E-state index in [1.54, 1.807) is 24.3 Å². The Morgan fingerprint density at radius 1 is 0.784 bits per heavy atom. The Bertz CT molecular complexity index is 1310. The molecule has 0 radical (unpaired) electrons. The fourth-order valence-electron chi connectivity index (χ4n) is 4.43. The van der Waals surface area contributed by atoms with E-state index in [0.717, 1.165) is 48.4 Å². The predicted molar refractivity (Wildman–Crippen MR) is 143 cm³/mol. The minimum Gasteiger partial charge on any atom is -0.494 e. The van der Waals surface area contributed by atoms with Crippen molar-refractivity contribution < 1.29 is 31.1 Å². The zero-order valence-corrected chi connectivity index (χ0v) is 23.6. The first-order valence-corrected chi connectivity index (χ1v) is 14.2. The van der Waals surface area contributed by atoms with Gasteiger partial charge in [-0.25, -0.2) is 0 Å². The van der Waals surface area contributed by atoms with Gasteiger partial charge in [0.1, 0.15) is 5.75 Å². The molecule has 1 aromatic carbocycles. The molecule has 0 fully saturated rings. The van der Waals surface area contributed by atoms with Crippen LogP contribution in [0.15, 0.2) is 40.2 Å². The maximum atomic E-state index is 15.2. The number of ether oxygens (including phenoxy) is 1. The average Bonchev–Trinajstić information content (AvgIpc) is 3.40. The van der Waals surface area contributed by atoms with Gasteiger partial charge in [0.2, 0.25) is 0 Å². The van der Waals surface area contributed by atoms with E-state index in [-0.39, 0.29) is 20.9 Å². The SMILES string of the molecule is CCCCCCOc1ccc(-c2cc(C3=C(c4cc(Br)sc4C)C(F)(F)C(F)(F)C3(F)F)c(C)s2)cc1. The fourth-order valence-corrected chi connectivity index (χ4v) is 7.16. The number of benzene rings is 1. The highest BCUT2D eigenvalue weighted by Gasteiger charge is 2.80. The average molecular weight is 624 g/mol. The van der Waals surface area contributed by atoms with Gasteiger partial charge in [0.25, 0.3) is 0 Å². The summed E-state index contributed by atoms with van der Waals surface area (Å²) in [5.74, 6) is -15.0. The quantitative estimate of drug-likeness (QED) is 0.170. The standard InChI is InChI=1S/C27H25BrF6OS2/c1-4-5-6-7-12-35-18-10-8-17(9-11-18)21-13-19(15(2)36-21)23-24(20-14-22(28)37-16(20)3)26(31,32)27(33,34)25(23,29)30/h8-11,13-14H,4-7,12H2,1-3H3. The highest BCUT2D eigenvalue weighted by atomic mass is 79.9. The van der Waals surface area contributed by atoms with E-state index < -0.39 is 28.9 Å². The highest BCUT2D eigenvalue weighted by molar-refractivity contribution is 9.11. The van der Waals surface area contributed by atoms with E-state index in [2.05, 4.69) is 22.9 Å². The van der Waals surface area contributed by atoms with Gasteiger partial charge < -0.3 is 4.74 Å². The molecule has 200 valence electrons. The number of unbranched alkanes of at least 4 members (excludes halogenated alkanes) is 3. The lowest BCUT2D eigenvalue weighted by Crippen LogP contribution is -2.48. The number of allylic oxidation sites excluding steroid dienone is 2. The molecular formula is C27H25BrF6OS2. The number of aryl methyl sites for hydroxylation is 2. The number of thiophene rings is 2. The van der Waals surface area contributed by atoms with Gasteiger partial charge >= 0.3 is 17.8 Å². The molecule has 4 rings (SSSR count). The molecule has 1 aliphatic rings. The van der Waals surface area contributed by atoms with Crippen molar-refractivity contribution >= 4 is 49.7 Å². The smallest absolute Gasteiger partial charge is 0.380 e. The van der Waals surface area contributed by atoms with Gasteiger partial charge in [-0.15, -0.1) is 22.7 Å². The van der Waals surface area contributed by atoms with Crippen molar-refractivity contribution in [1.29, 1.82) is 0 Å². The molecule has 0 unspecified atom stereocenters. The molecule has 37 heavy (non-hydrogen) atoms. The van der Waals surface area contributed by atoms with Crippen LogP contribution in [-0.2, 0) is 0 Å². The molecule has 3 aromatic rings. The molecule has 2 heterocycles. The monoisotopic (exact) mass is 622 g/mol. The van der Waals surface area contributed by atoms with Crippen LogP contribution in [0.5, 0.6) is 5.75 Å². The molecule has 0 bridgehead atoms. The third-order valence-electron chi connectivity index (χ3n) is 6.42. The van der Waals surface area contributed by atoms with Crippen molar-refractivity contribution in [2.24, 2.45) is 0 Å². The van der Waals surface area contributed by atoms with Crippen molar-refractivity contribution in [3.63, 3.8) is 0 Å². The Kier molecular flexibility index (Phi) is 7.95. The van der Waals surface area contributed by atoms with Crippen LogP contribution in [0.25, 0.3) is 21.6 Å². The van der Waals surface area contributed by atoms with Crippen LogP contribution in [0.1, 0.15) is 53.5 Å². The van der Waals surface area contributed by atoms with Gasteiger partial charge in [0.05, 0.1) is 10.4 Å². The summed E-state index contributed by atoms with van der Waals surface area (Å²) in [4.78, 5) is 0.996. The number of alkyl halides is 6. The number of rotatable bonds is 9. The van der Waals surface area contributed by atoms with Crippen LogP contribution in [0, 0.1) is 13.8 Å². The first-order chi connectivity index (χ1) is 17.3. The summed E-state index contributed by atoms with van der Waals surface area (Å²) in [5.41, 5.74) is -2.59. The van der Waals surface area contributed by atoms with E-state index >= 15 is 17.6 Å². The van der Waals surface area contributed by atoms with E-state index in [1.807, 2.05) is 0 Å². The lowest BCUT2D eigenvalue weighted by Gasteiger charge is -2.25. The molecule has 0 saturated heterocycles. The molecule has 0 aliphatic heterocycles. The van der Waals surface area contributed by atoms with Gasteiger partial charge in [-0.1, -0.05) is 26.2 Å².